The first-order valence-corrected chi connectivity index (χ1v) is 22.1. The molecule has 2 aliphatic rings. The van der Waals surface area contributed by atoms with Gasteiger partial charge < -0.3 is 9.13 Å². The number of hydrogen-bond donors (Lipinski definition) is 0. The second-order valence-corrected chi connectivity index (χ2v) is 17.2. The number of aromatic nitrogens is 2. The molecule has 0 saturated heterocycles. The van der Waals surface area contributed by atoms with Gasteiger partial charge in [-0.3, -0.25) is 0 Å². The smallest absolute Gasteiger partial charge is 0.0544 e. The predicted molar refractivity (Wildman–Crippen MR) is 264 cm³/mol. The first-order valence-electron chi connectivity index (χ1n) is 22.1. The fourth-order valence-corrected chi connectivity index (χ4v) is 11.4. The third kappa shape index (κ3) is 5.31. The maximum Gasteiger partial charge on any atom is 0.0544 e. The van der Waals surface area contributed by atoms with E-state index in [9.17, 15) is 0 Å². The molecule has 13 rings (SSSR count). The molecule has 0 N–H and O–H groups in total. The van der Waals surface area contributed by atoms with Crippen LogP contribution in [0.15, 0.2) is 237 Å². The van der Waals surface area contributed by atoms with Crippen molar-refractivity contribution in [3.8, 4) is 39.1 Å². The van der Waals surface area contributed by atoms with Gasteiger partial charge in [0, 0.05) is 38.8 Å². The normalized spacial score (nSPS) is 15.2. The van der Waals surface area contributed by atoms with Crippen molar-refractivity contribution in [2.24, 2.45) is 5.92 Å². The molecule has 0 radical (unpaired) electrons. The Morgan fingerprint density at radius 3 is 1.70 bits per heavy atom. The van der Waals surface area contributed by atoms with E-state index in [-0.39, 0.29) is 11.3 Å². The molecule has 11 aromatic rings. The molecule has 63 heavy (non-hydrogen) atoms. The van der Waals surface area contributed by atoms with Crippen LogP contribution in [-0.4, -0.2) is 9.13 Å². The van der Waals surface area contributed by atoms with Crippen LogP contribution >= 0.6 is 0 Å². The number of benzene rings is 9. The molecule has 1 atom stereocenters. The summed E-state index contributed by atoms with van der Waals surface area (Å²) in [5.41, 5.74) is 18.6. The molecule has 0 fully saturated rings. The SMILES string of the molecule is C1=CC(C2(c3ccccc3)c3ccccc3-c3ccccc32)CC(n2c3ccccc3c3ccc(-c4ccc5c(c4)c4ccccc4n5-c4cccc(-c5ccccc5)c4)cc32)=C1. The molecule has 2 aromatic heterocycles. The maximum atomic E-state index is 2.56. The number of nitrogens with zero attached hydrogens (tertiary/aromatic N) is 2. The van der Waals surface area contributed by atoms with Gasteiger partial charge in [-0.1, -0.05) is 188 Å². The van der Waals surface area contributed by atoms with Crippen molar-refractivity contribution in [2.75, 3.05) is 0 Å². The van der Waals surface area contributed by atoms with Crippen molar-refractivity contribution >= 4 is 49.3 Å². The molecule has 0 spiro atoms. The molecular weight excluding hydrogens is 761 g/mol. The minimum Gasteiger partial charge on any atom is -0.313 e. The van der Waals surface area contributed by atoms with Gasteiger partial charge in [-0.2, -0.15) is 0 Å². The Balaban J connectivity index is 0.953. The zero-order valence-electron chi connectivity index (χ0n) is 34.7. The van der Waals surface area contributed by atoms with E-state index in [1.807, 2.05) is 0 Å². The van der Waals surface area contributed by atoms with Crippen molar-refractivity contribution in [1.82, 2.24) is 9.13 Å². The van der Waals surface area contributed by atoms with Crippen molar-refractivity contribution in [3.63, 3.8) is 0 Å². The van der Waals surface area contributed by atoms with E-state index in [4.69, 9.17) is 0 Å². The standard InChI is InChI=1S/C61H42N2/c1-3-17-41(18-4-1)42-19-15-23-47(37-42)62-58-32-14-10-28-52(58)54-38-43(34-36-59(54)62)44-33-35-53-51-27-9-13-31-57(51)63(60(53)39-44)48-24-16-22-46(40-48)61(45-20-5-2-6-21-45)55-29-11-7-25-49(55)50-26-8-12-30-56(50)61/h1-39,46H,40H2. The van der Waals surface area contributed by atoms with Crippen LogP contribution in [0.3, 0.4) is 0 Å². The topological polar surface area (TPSA) is 9.86 Å². The summed E-state index contributed by atoms with van der Waals surface area (Å²) < 4.78 is 4.98. The van der Waals surface area contributed by atoms with Crippen LogP contribution in [0.2, 0.25) is 0 Å². The molecule has 2 heterocycles. The summed E-state index contributed by atoms with van der Waals surface area (Å²) >= 11 is 0. The van der Waals surface area contributed by atoms with Crippen LogP contribution in [0.1, 0.15) is 23.1 Å². The second-order valence-electron chi connectivity index (χ2n) is 17.2. The van der Waals surface area contributed by atoms with Crippen LogP contribution in [0.25, 0.3) is 88.4 Å². The lowest BCUT2D eigenvalue weighted by Crippen LogP contribution is -2.36. The Kier molecular flexibility index (Phi) is 7.98. The van der Waals surface area contributed by atoms with Crippen molar-refractivity contribution in [2.45, 2.75) is 11.8 Å². The van der Waals surface area contributed by atoms with E-state index in [0.717, 1.165) is 12.1 Å². The van der Waals surface area contributed by atoms with Crippen molar-refractivity contribution in [1.29, 1.82) is 0 Å². The Hall–Kier alpha value is -7.94. The average molecular weight is 803 g/mol. The summed E-state index contributed by atoms with van der Waals surface area (Å²) in [6, 6.07) is 80.9. The van der Waals surface area contributed by atoms with Gasteiger partial charge in [-0.15, -0.1) is 0 Å². The summed E-state index contributed by atoms with van der Waals surface area (Å²) in [6.07, 6.45) is 8.02. The minimum absolute atomic E-state index is 0.178. The average Bonchev–Trinajstić information content (AvgIpc) is 3.98. The van der Waals surface area contributed by atoms with Gasteiger partial charge in [0.05, 0.1) is 27.5 Å². The van der Waals surface area contributed by atoms with E-state index in [1.165, 1.54) is 99.4 Å². The third-order valence-corrected chi connectivity index (χ3v) is 14.0. The van der Waals surface area contributed by atoms with Gasteiger partial charge in [0.25, 0.3) is 0 Å². The summed E-state index contributed by atoms with van der Waals surface area (Å²) in [7, 11) is 0. The number of para-hydroxylation sites is 2. The predicted octanol–water partition coefficient (Wildman–Crippen LogP) is 15.7. The Morgan fingerprint density at radius 1 is 0.381 bits per heavy atom. The number of fused-ring (bicyclic) bond motifs is 9. The summed E-state index contributed by atoms with van der Waals surface area (Å²) in [4.78, 5) is 0. The van der Waals surface area contributed by atoms with E-state index in [0.29, 0.717) is 0 Å². The van der Waals surface area contributed by atoms with Gasteiger partial charge in [-0.25, -0.2) is 0 Å². The molecule has 2 heteroatoms. The molecule has 0 bridgehead atoms. The highest BCUT2D eigenvalue weighted by Gasteiger charge is 2.49. The van der Waals surface area contributed by atoms with Gasteiger partial charge in [0.2, 0.25) is 0 Å². The van der Waals surface area contributed by atoms with Crippen LogP contribution in [0.4, 0.5) is 0 Å². The second kappa shape index (κ2) is 14.1. The van der Waals surface area contributed by atoms with E-state index >= 15 is 0 Å². The van der Waals surface area contributed by atoms with Crippen molar-refractivity contribution < 1.29 is 0 Å². The number of hydrogen-bond acceptors (Lipinski definition) is 0. The largest absolute Gasteiger partial charge is 0.313 e. The zero-order chi connectivity index (χ0) is 41.5. The highest BCUT2D eigenvalue weighted by atomic mass is 15.0. The molecule has 0 aliphatic heterocycles. The third-order valence-electron chi connectivity index (χ3n) is 14.0. The van der Waals surface area contributed by atoms with Crippen LogP contribution in [-0.2, 0) is 5.41 Å². The Labute approximate surface area is 367 Å². The molecule has 9 aromatic carbocycles. The number of allylic oxidation sites excluding steroid dienone is 4. The van der Waals surface area contributed by atoms with E-state index < -0.39 is 0 Å². The molecule has 0 saturated carbocycles. The van der Waals surface area contributed by atoms with Gasteiger partial charge in [0.1, 0.15) is 0 Å². The molecule has 0 amide bonds. The van der Waals surface area contributed by atoms with Gasteiger partial charge >= 0.3 is 0 Å². The zero-order valence-corrected chi connectivity index (χ0v) is 34.7. The quantitative estimate of drug-likeness (QED) is 0.158. The Morgan fingerprint density at radius 2 is 0.937 bits per heavy atom. The van der Waals surface area contributed by atoms with Crippen LogP contribution in [0.5, 0.6) is 0 Å². The molecule has 2 aliphatic carbocycles. The van der Waals surface area contributed by atoms with Gasteiger partial charge in [0.15, 0.2) is 0 Å². The molecule has 1 unspecified atom stereocenters. The maximum absolute atomic E-state index is 2.56. The van der Waals surface area contributed by atoms with E-state index in [2.05, 4.69) is 246 Å². The minimum atomic E-state index is -0.341. The highest BCUT2D eigenvalue weighted by molar-refractivity contribution is 6.13. The fourth-order valence-electron chi connectivity index (χ4n) is 11.4. The number of rotatable bonds is 6. The first kappa shape index (κ1) is 35.8. The highest BCUT2D eigenvalue weighted by Crippen LogP contribution is 2.58. The van der Waals surface area contributed by atoms with E-state index in [1.54, 1.807) is 0 Å². The summed E-state index contributed by atoms with van der Waals surface area (Å²) in [6.45, 7) is 0. The van der Waals surface area contributed by atoms with Crippen molar-refractivity contribution in [3.05, 3.63) is 253 Å². The lowest BCUT2D eigenvalue weighted by molar-refractivity contribution is 0.458. The lowest BCUT2D eigenvalue weighted by Gasteiger charge is -2.40. The monoisotopic (exact) mass is 802 g/mol. The van der Waals surface area contributed by atoms with Crippen LogP contribution in [0, 0.1) is 5.92 Å². The Bertz CT molecular complexity index is 3610. The summed E-state index contributed by atoms with van der Waals surface area (Å²) in [5, 5.41) is 5.05. The lowest BCUT2D eigenvalue weighted by atomic mass is 9.62. The molecular formula is C61H42N2. The molecule has 296 valence electrons. The molecule has 2 nitrogen and oxygen atoms in total. The summed E-state index contributed by atoms with van der Waals surface area (Å²) in [5.74, 6) is 0.178. The van der Waals surface area contributed by atoms with Crippen LogP contribution < -0.4 is 0 Å². The van der Waals surface area contributed by atoms with Gasteiger partial charge in [-0.05, 0) is 105 Å². The first-order chi connectivity index (χ1) is 31.3. The fraction of sp³-hybridized carbons (Fsp3) is 0.0492.